The van der Waals surface area contributed by atoms with Crippen LogP contribution in [-0.4, -0.2) is 44.9 Å². The van der Waals surface area contributed by atoms with E-state index >= 15 is 0 Å². The summed E-state index contributed by atoms with van der Waals surface area (Å²) in [5.74, 6) is 1.04. The van der Waals surface area contributed by atoms with Gasteiger partial charge < -0.3 is 14.2 Å². The summed E-state index contributed by atoms with van der Waals surface area (Å²) in [6, 6.07) is 3.79. The van der Waals surface area contributed by atoms with Crippen LogP contribution in [-0.2, 0) is 24.9 Å². The second kappa shape index (κ2) is 6.67. The Bertz CT molecular complexity index is 759. The van der Waals surface area contributed by atoms with Crippen LogP contribution in [0, 0.1) is 5.92 Å². The first-order valence-electron chi connectivity index (χ1n) is 9.20. The lowest BCUT2D eigenvalue weighted by Gasteiger charge is -2.33. The molecule has 6 nitrogen and oxygen atoms in total. The van der Waals surface area contributed by atoms with Crippen molar-refractivity contribution in [3.05, 3.63) is 41.5 Å². The number of aromatic nitrogens is 3. The van der Waals surface area contributed by atoms with Crippen LogP contribution in [0.2, 0.25) is 0 Å². The van der Waals surface area contributed by atoms with Gasteiger partial charge in [0.05, 0.1) is 18.5 Å². The van der Waals surface area contributed by atoms with Crippen molar-refractivity contribution >= 4 is 5.91 Å². The van der Waals surface area contributed by atoms with E-state index in [1.165, 1.54) is 24.1 Å². The van der Waals surface area contributed by atoms with Crippen LogP contribution in [0.1, 0.15) is 47.4 Å². The Balaban J connectivity index is 1.60. The predicted molar refractivity (Wildman–Crippen MR) is 94.3 cm³/mol. The Kier molecular flexibility index (Phi) is 4.37. The highest BCUT2D eigenvalue weighted by Crippen LogP contribution is 2.34. The van der Waals surface area contributed by atoms with Crippen LogP contribution in [0.25, 0.3) is 0 Å². The minimum Gasteiger partial charge on any atom is -0.381 e. The summed E-state index contributed by atoms with van der Waals surface area (Å²) in [6.45, 7) is 5.66. The van der Waals surface area contributed by atoms with Gasteiger partial charge in [0.25, 0.3) is 5.91 Å². The van der Waals surface area contributed by atoms with Crippen LogP contribution in [0.4, 0.5) is 0 Å². The molecule has 0 N–H and O–H groups in total. The molecule has 1 amide bonds. The molecule has 2 aliphatic rings. The molecular formula is C19H26N4O2. The normalized spacial score (nSPS) is 19.9. The molecule has 25 heavy (non-hydrogen) atoms. The minimum atomic E-state index is 0.0783. The smallest absolute Gasteiger partial charge is 0.270 e. The Morgan fingerprint density at radius 2 is 2.24 bits per heavy atom. The molecule has 1 saturated carbocycles. The summed E-state index contributed by atoms with van der Waals surface area (Å²) in [7, 11) is 1.91. The summed E-state index contributed by atoms with van der Waals surface area (Å²) in [6.07, 6.45) is 6.47. The number of carbonyl (C=O) groups excluding carboxylic acids is 1. The Morgan fingerprint density at radius 3 is 2.92 bits per heavy atom. The maximum Gasteiger partial charge on any atom is 0.270 e. The van der Waals surface area contributed by atoms with Gasteiger partial charge in [-0.2, -0.15) is 5.10 Å². The molecule has 0 bridgehead atoms. The molecule has 0 radical (unpaired) electrons. The van der Waals surface area contributed by atoms with Gasteiger partial charge in [0.1, 0.15) is 5.69 Å². The molecule has 1 aliphatic carbocycles. The highest BCUT2D eigenvalue weighted by atomic mass is 16.5. The monoisotopic (exact) mass is 342 g/mol. The number of rotatable bonds is 6. The third-order valence-corrected chi connectivity index (χ3v) is 5.25. The van der Waals surface area contributed by atoms with E-state index in [-0.39, 0.29) is 11.8 Å². The van der Waals surface area contributed by atoms with Crippen LogP contribution >= 0.6 is 0 Å². The number of hydrogen-bond donors (Lipinski definition) is 0. The number of fused-ring (bicyclic) bond motifs is 1. The maximum absolute atomic E-state index is 12.9. The number of carbonyl (C=O) groups is 1. The van der Waals surface area contributed by atoms with Crippen molar-refractivity contribution in [3.8, 4) is 0 Å². The first kappa shape index (κ1) is 16.4. The average Bonchev–Trinajstić information content (AvgIpc) is 3.18. The van der Waals surface area contributed by atoms with Gasteiger partial charge in [0.15, 0.2) is 0 Å². The van der Waals surface area contributed by atoms with Gasteiger partial charge in [-0.15, -0.1) is 0 Å². The lowest BCUT2D eigenvalue weighted by Crippen LogP contribution is -2.40. The molecule has 4 rings (SSSR count). The maximum atomic E-state index is 12.9. The zero-order chi connectivity index (χ0) is 17.4. The van der Waals surface area contributed by atoms with Gasteiger partial charge in [0, 0.05) is 51.0 Å². The Labute approximate surface area is 148 Å². The average molecular weight is 342 g/mol. The van der Waals surface area contributed by atoms with E-state index in [2.05, 4.69) is 9.78 Å². The molecule has 0 saturated heterocycles. The van der Waals surface area contributed by atoms with Gasteiger partial charge >= 0.3 is 0 Å². The molecule has 6 heteroatoms. The lowest BCUT2D eigenvalue weighted by molar-refractivity contribution is 0.0638. The third-order valence-electron chi connectivity index (χ3n) is 5.25. The quantitative estimate of drug-likeness (QED) is 0.810. The third kappa shape index (κ3) is 3.23. The molecular weight excluding hydrogens is 316 g/mol. The zero-order valence-electron chi connectivity index (χ0n) is 15.0. The first-order valence-corrected chi connectivity index (χ1v) is 9.20. The number of amides is 1. The van der Waals surface area contributed by atoms with Crippen molar-refractivity contribution < 1.29 is 9.53 Å². The van der Waals surface area contributed by atoms with E-state index < -0.39 is 0 Å². The van der Waals surface area contributed by atoms with E-state index in [9.17, 15) is 4.79 Å². The topological polar surface area (TPSA) is 52.3 Å². The molecule has 3 heterocycles. The van der Waals surface area contributed by atoms with Crippen molar-refractivity contribution in [1.29, 1.82) is 0 Å². The number of hydrogen-bond acceptors (Lipinski definition) is 3. The molecule has 134 valence electrons. The van der Waals surface area contributed by atoms with Crippen LogP contribution in [0.3, 0.4) is 0 Å². The lowest BCUT2D eigenvalue weighted by atomic mass is 9.96. The highest BCUT2D eigenvalue weighted by Gasteiger charge is 2.34. The van der Waals surface area contributed by atoms with E-state index in [1.807, 2.05) is 48.0 Å². The van der Waals surface area contributed by atoms with E-state index in [0.717, 1.165) is 18.2 Å². The first-order chi connectivity index (χ1) is 12.2. The van der Waals surface area contributed by atoms with Crippen LogP contribution < -0.4 is 0 Å². The molecule has 0 aromatic carbocycles. The van der Waals surface area contributed by atoms with Crippen molar-refractivity contribution in [3.63, 3.8) is 0 Å². The van der Waals surface area contributed by atoms with Gasteiger partial charge in [-0.25, -0.2) is 0 Å². The summed E-state index contributed by atoms with van der Waals surface area (Å²) in [4.78, 5) is 14.9. The van der Waals surface area contributed by atoms with Gasteiger partial charge in [-0.05, 0) is 37.8 Å². The Hall–Kier alpha value is -2.08. The fraction of sp³-hybridized carbons (Fsp3) is 0.579. The van der Waals surface area contributed by atoms with Gasteiger partial charge in [-0.3, -0.25) is 9.48 Å². The largest absolute Gasteiger partial charge is 0.381 e. The SMILES string of the molecule is CCOC[C@H]1CN(C(=O)c2cccn2C)Cc2cnn(CC3CC3)c21. The van der Waals surface area contributed by atoms with Crippen LogP contribution in [0.15, 0.2) is 24.5 Å². The van der Waals surface area contributed by atoms with Crippen molar-refractivity contribution in [2.24, 2.45) is 13.0 Å². The zero-order valence-corrected chi connectivity index (χ0v) is 15.0. The van der Waals surface area contributed by atoms with Gasteiger partial charge in [0.2, 0.25) is 0 Å². The summed E-state index contributed by atoms with van der Waals surface area (Å²) in [5, 5.41) is 4.63. The van der Waals surface area contributed by atoms with Crippen LogP contribution in [0.5, 0.6) is 0 Å². The fourth-order valence-corrected chi connectivity index (χ4v) is 3.73. The molecule has 1 fully saturated rings. The molecule has 2 aromatic rings. The summed E-state index contributed by atoms with van der Waals surface area (Å²) in [5.41, 5.74) is 3.17. The fourth-order valence-electron chi connectivity index (χ4n) is 3.73. The molecule has 2 aromatic heterocycles. The van der Waals surface area contributed by atoms with Crippen molar-refractivity contribution in [2.75, 3.05) is 19.8 Å². The Morgan fingerprint density at radius 1 is 1.40 bits per heavy atom. The molecule has 0 spiro atoms. The number of ether oxygens (including phenoxy) is 1. The number of nitrogens with zero attached hydrogens (tertiary/aromatic N) is 4. The van der Waals surface area contributed by atoms with Crippen molar-refractivity contribution in [1.82, 2.24) is 19.2 Å². The second-order valence-electron chi connectivity index (χ2n) is 7.23. The standard InChI is InChI=1S/C19H26N4O2/c1-3-25-13-16-12-22(19(24)17-5-4-8-21(17)2)11-15-9-20-23(18(15)16)10-14-6-7-14/h4-5,8-9,14,16H,3,6-7,10-13H2,1-2H3/t16-/m1/s1. The predicted octanol–water partition coefficient (Wildman–Crippen LogP) is 2.41. The number of aryl methyl sites for hydroxylation is 1. The summed E-state index contributed by atoms with van der Waals surface area (Å²) < 4.78 is 9.78. The van der Waals surface area contributed by atoms with Crippen molar-refractivity contribution in [2.45, 2.75) is 38.8 Å². The highest BCUT2D eigenvalue weighted by molar-refractivity contribution is 5.93. The van der Waals surface area contributed by atoms with Gasteiger partial charge in [-0.1, -0.05) is 0 Å². The van der Waals surface area contributed by atoms with E-state index in [4.69, 9.17) is 4.74 Å². The minimum absolute atomic E-state index is 0.0783. The molecule has 1 atom stereocenters. The van der Waals surface area contributed by atoms with E-state index in [0.29, 0.717) is 26.3 Å². The molecule has 0 unspecified atom stereocenters. The van der Waals surface area contributed by atoms with E-state index in [1.54, 1.807) is 0 Å². The molecule has 1 aliphatic heterocycles. The summed E-state index contributed by atoms with van der Waals surface area (Å²) >= 11 is 0. The second-order valence-corrected chi connectivity index (χ2v) is 7.23.